The fourth-order valence-electron chi connectivity index (χ4n) is 4.11. The molecule has 0 aromatic carbocycles. The first kappa shape index (κ1) is 51.3. The summed E-state index contributed by atoms with van der Waals surface area (Å²) in [5.41, 5.74) is 0. The summed E-state index contributed by atoms with van der Waals surface area (Å²) in [5, 5.41) is 5.76. The maximum atomic E-state index is 12.0. The fraction of sp³-hybridized carbons (Fsp3) is 1.00. The Morgan fingerprint density at radius 2 is 0.826 bits per heavy atom. The molecule has 280 valence electrons. The van der Waals surface area contributed by atoms with E-state index in [0.29, 0.717) is 25.9 Å². The molecule has 0 heterocycles. The number of unbranched alkanes of at least 4 members (excludes halogenated alkanes) is 9. The zero-order chi connectivity index (χ0) is 35.8. The summed E-state index contributed by atoms with van der Waals surface area (Å²) in [5.74, 6) is 0. The van der Waals surface area contributed by atoms with Crippen LogP contribution in [0.1, 0.15) is 159 Å². The van der Waals surface area contributed by atoms with Crippen molar-refractivity contribution >= 4 is 47.2 Å². The molecule has 6 unspecified atom stereocenters. The van der Waals surface area contributed by atoms with Gasteiger partial charge in [-0.3, -0.25) is 4.57 Å². The van der Waals surface area contributed by atoms with E-state index < -0.39 is 13.5 Å². The lowest BCUT2D eigenvalue weighted by molar-refractivity contribution is -0.00869. The molecule has 1 N–H and O–H groups in total. The van der Waals surface area contributed by atoms with E-state index in [-0.39, 0.29) is 30.5 Å². The van der Waals surface area contributed by atoms with Gasteiger partial charge in [-0.05, 0) is 94.5 Å². The Kier molecular flexibility index (Phi) is 39.9. The van der Waals surface area contributed by atoms with E-state index in [4.69, 9.17) is 28.4 Å². The van der Waals surface area contributed by atoms with Gasteiger partial charge in [0.05, 0.1) is 44.2 Å². The highest BCUT2D eigenvalue weighted by Gasteiger charge is 2.28. The molecule has 0 rings (SSSR count). The molecular weight excluding hydrogens is 693 g/mol. The molecule has 0 fully saturated rings. The number of ether oxygens (including phenoxy) is 3. The maximum absolute atomic E-state index is 12.0. The molecular formula is C33H70Cl3O8P2+. The molecule has 0 amide bonds. The monoisotopic (exact) mass is 761 g/mol. The van der Waals surface area contributed by atoms with Crippen molar-refractivity contribution in [2.75, 3.05) is 19.8 Å². The first-order valence-corrected chi connectivity index (χ1v) is 23.1. The van der Waals surface area contributed by atoms with Gasteiger partial charge in [-0.2, -0.15) is 0 Å². The van der Waals surface area contributed by atoms with Crippen LogP contribution < -0.4 is 0 Å². The summed E-state index contributed by atoms with van der Waals surface area (Å²) < 4.78 is 49.4. The highest BCUT2D eigenvalue weighted by Crippen LogP contribution is 2.61. The van der Waals surface area contributed by atoms with Gasteiger partial charge in [0.25, 0.3) is 0 Å². The minimum Gasteiger partial charge on any atom is -0.391 e. The third-order valence-corrected chi connectivity index (χ3v) is 7.84. The van der Waals surface area contributed by atoms with Crippen LogP contribution in [0.3, 0.4) is 0 Å². The van der Waals surface area contributed by atoms with E-state index in [2.05, 4.69) is 75.3 Å². The first-order chi connectivity index (χ1) is 21.5. The average Bonchev–Trinajstić information content (AvgIpc) is 2.96. The van der Waals surface area contributed by atoms with Crippen LogP contribution in [0.15, 0.2) is 0 Å². The van der Waals surface area contributed by atoms with E-state index in [9.17, 15) is 9.13 Å². The van der Waals surface area contributed by atoms with Crippen LogP contribution in [0.4, 0.5) is 0 Å². The van der Waals surface area contributed by atoms with E-state index in [1.807, 2.05) is 13.8 Å². The standard InChI is InChI=1S/C22H46O5P.C11H24O2.Cl3OP/c1-7-9-11-13-15-19(3)24-17-21(5)26-28(23)27-22(6)18-25-20(4)16-14-12-10-8-2;1-4-5-6-7-8-11(3)13-9-10(2)12;1-5(2,3)4/h19-22H,7-18H2,1-6H3;10-12H,4-9H2,1-3H3;/q+1;;. The van der Waals surface area contributed by atoms with Crippen LogP contribution >= 0.6 is 47.2 Å². The predicted octanol–water partition coefficient (Wildman–Crippen LogP) is 12.8. The van der Waals surface area contributed by atoms with Crippen molar-refractivity contribution in [1.29, 1.82) is 0 Å². The van der Waals surface area contributed by atoms with Gasteiger partial charge in [-0.15, -0.1) is 9.05 Å². The molecule has 0 aliphatic rings. The smallest absolute Gasteiger partial charge is 0.391 e. The number of hydrogen-bond acceptors (Lipinski definition) is 8. The summed E-state index contributed by atoms with van der Waals surface area (Å²) >= 11 is 13.8. The van der Waals surface area contributed by atoms with Crippen molar-refractivity contribution in [2.45, 2.75) is 195 Å². The summed E-state index contributed by atoms with van der Waals surface area (Å²) in [7, 11) is -2.16. The van der Waals surface area contributed by atoms with Crippen LogP contribution in [0, 0.1) is 0 Å². The van der Waals surface area contributed by atoms with Crippen LogP contribution in [-0.4, -0.2) is 61.6 Å². The summed E-state index contributed by atoms with van der Waals surface area (Å²) in [6, 6.07) is 0. The first-order valence-electron chi connectivity index (χ1n) is 17.6. The molecule has 0 bridgehead atoms. The molecule has 0 aliphatic carbocycles. The van der Waals surface area contributed by atoms with Gasteiger partial charge in [0, 0.05) is 4.57 Å². The highest BCUT2D eigenvalue weighted by atomic mass is 36.0. The Bertz CT molecular complexity index is 664. The lowest BCUT2D eigenvalue weighted by Gasteiger charge is -2.15. The van der Waals surface area contributed by atoms with Gasteiger partial charge in [0.15, 0.2) is 0 Å². The molecule has 13 heteroatoms. The normalized spacial score (nSPS) is 15.8. The van der Waals surface area contributed by atoms with E-state index in [0.717, 1.165) is 19.3 Å². The number of halogens is 3. The molecule has 8 nitrogen and oxygen atoms in total. The quantitative estimate of drug-likeness (QED) is 0.0621. The molecule has 46 heavy (non-hydrogen) atoms. The van der Waals surface area contributed by atoms with Crippen molar-refractivity contribution < 1.29 is 37.5 Å². The molecule has 0 radical (unpaired) electrons. The van der Waals surface area contributed by atoms with E-state index in [1.54, 1.807) is 6.92 Å². The van der Waals surface area contributed by atoms with Crippen LogP contribution in [0.5, 0.6) is 0 Å². The lowest BCUT2D eigenvalue weighted by Crippen LogP contribution is -2.21. The summed E-state index contributed by atoms with van der Waals surface area (Å²) in [6.07, 6.45) is 18.2. The molecule has 0 aromatic rings. The minimum atomic E-state index is -3.22. The second kappa shape index (κ2) is 35.8. The molecule has 0 saturated carbocycles. The lowest BCUT2D eigenvalue weighted by atomic mass is 10.1. The molecule has 6 atom stereocenters. The number of hydrogen-bond donors (Lipinski definition) is 1. The van der Waals surface area contributed by atoms with Crippen molar-refractivity contribution in [1.82, 2.24) is 0 Å². The van der Waals surface area contributed by atoms with Gasteiger partial charge in [0.1, 0.15) is 12.2 Å². The van der Waals surface area contributed by atoms with Crippen molar-refractivity contribution in [2.24, 2.45) is 0 Å². The van der Waals surface area contributed by atoms with E-state index in [1.165, 1.54) is 77.0 Å². The van der Waals surface area contributed by atoms with Gasteiger partial charge < -0.3 is 19.3 Å². The van der Waals surface area contributed by atoms with E-state index >= 15 is 0 Å². The van der Waals surface area contributed by atoms with Gasteiger partial charge in [0.2, 0.25) is 0 Å². The number of rotatable bonds is 28. The Hall–Kier alpha value is 0.960. The number of aliphatic hydroxyl groups is 1. The highest BCUT2D eigenvalue weighted by molar-refractivity contribution is 8.24. The van der Waals surface area contributed by atoms with Crippen LogP contribution in [0.2, 0.25) is 0 Å². The summed E-state index contributed by atoms with van der Waals surface area (Å²) in [6.45, 7) is 19.7. The van der Waals surface area contributed by atoms with Gasteiger partial charge >= 0.3 is 13.5 Å². The third kappa shape index (κ3) is 49.3. The topological polar surface area (TPSA) is 101 Å². The van der Waals surface area contributed by atoms with Gasteiger partial charge in [-0.1, -0.05) is 97.8 Å². The van der Waals surface area contributed by atoms with Gasteiger partial charge in [-0.25, -0.2) is 0 Å². The predicted molar refractivity (Wildman–Crippen MR) is 198 cm³/mol. The maximum Gasteiger partial charge on any atom is 0.698 e. The average molecular weight is 763 g/mol. The van der Waals surface area contributed by atoms with Crippen molar-refractivity contribution in [3.05, 3.63) is 0 Å². The Morgan fingerprint density at radius 3 is 1.09 bits per heavy atom. The van der Waals surface area contributed by atoms with Crippen LogP contribution in [0.25, 0.3) is 0 Å². The summed E-state index contributed by atoms with van der Waals surface area (Å²) in [4.78, 5) is 0. The molecule has 0 saturated heterocycles. The zero-order valence-corrected chi connectivity index (χ0v) is 34.6. The largest absolute Gasteiger partial charge is 0.698 e. The third-order valence-electron chi connectivity index (χ3n) is 6.78. The molecule has 0 spiro atoms. The second-order valence-electron chi connectivity index (χ2n) is 12.3. The Balaban J connectivity index is -0.000000843. The SMILES string of the molecule is CCCCCCC(C)OCC(C)O.CCCCCCC(C)OCC(C)O[P+](=O)OC(C)COC(C)CCCCCC.O=P(Cl)(Cl)Cl. The molecule has 0 aromatic heterocycles. The van der Waals surface area contributed by atoms with Crippen molar-refractivity contribution in [3.63, 3.8) is 0 Å². The number of aliphatic hydroxyl groups excluding tert-OH is 1. The minimum absolute atomic E-state index is 0.202. The fourth-order valence-corrected chi connectivity index (χ4v) is 4.87. The Morgan fingerprint density at radius 1 is 0.543 bits per heavy atom. The van der Waals surface area contributed by atoms with Crippen LogP contribution in [-0.2, 0) is 32.4 Å². The molecule has 0 aliphatic heterocycles. The second-order valence-corrected chi connectivity index (χ2v) is 19.8. The van der Waals surface area contributed by atoms with Crippen molar-refractivity contribution in [3.8, 4) is 0 Å². The zero-order valence-electron chi connectivity index (χ0n) is 30.5. The Labute approximate surface area is 298 Å².